The van der Waals surface area contributed by atoms with Crippen LogP contribution in [-0.4, -0.2) is 37.5 Å². The van der Waals surface area contributed by atoms with Crippen LogP contribution in [0, 0.1) is 10.1 Å². The Morgan fingerprint density at radius 2 is 1.89 bits per heavy atom. The fourth-order valence-electron chi connectivity index (χ4n) is 3.40. The number of sulfonamides is 1. The molecule has 0 bridgehead atoms. The van der Waals surface area contributed by atoms with E-state index in [1.165, 1.54) is 18.2 Å². The predicted octanol–water partition coefficient (Wildman–Crippen LogP) is 2.08. The van der Waals surface area contributed by atoms with Crippen LogP contribution in [0.2, 0.25) is 0 Å². The molecule has 1 saturated heterocycles. The predicted molar refractivity (Wildman–Crippen MR) is 101 cm³/mol. The molecule has 2 aromatic rings. The zero-order chi connectivity index (χ0) is 19.6. The van der Waals surface area contributed by atoms with Crippen molar-refractivity contribution in [2.24, 2.45) is 5.14 Å². The van der Waals surface area contributed by atoms with Gasteiger partial charge in [-0.3, -0.25) is 14.9 Å². The van der Waals surface area contributed by atoms with E-state index in [1.807, 2.05) is 0 Å². The second kappa shape index (κ2) is 7.45. The first-order valence-corrected chi connectivity index (χ1v) is 10.1. The van der Waals surface area contributed by atoms with E-state index >= 15 is 0 Å². The molecule has 0 amide bonds. The number of anilines is 1. The molecule has 2 aromatic carbocycles. The summed E-state index contributed by atoms with van der Waals surface area (Å²) in [7, 11) is -3.70. The molecule has 142 valence electrons. The molecular weight excluding hydrogens is 370 g/mol. The lowest BCUT2D eigenvalue weighted by atomic mass is 10.0. The highest BCUT2D eigenvalue weighted by Gasteiger charge is 2.32. The Bertz CT molecular complexity index is 976. The molecule has 0 aromatic heterocycles. The summed E-state index contributed by atoms with van der Waals surface area (Å²) < 4.78 is 22.9. The van der Waals surface area contributed by atoms with Gasteiger partial charge >= 0.3 is 0 Å². The molecule has 27 heavy (non-hydrogen) atoms. The number of carbonyl (C=O) groups excluding carboxylic acids is 1. The lowest BCUT2D eigenvalue weighted by molar-refractivity contribution is -0.384. The molecule has 1 aliphatic heterocycles. The van der Waals surface area contributed by atoms with Gasteiger partial charge in [0.25, 0.3) is 5.69 Å². The molecule has 9 heteroatoms. The molecule has 0 radical (unpaired) electrons. The monoisotopic (exact) mass is 389 g/mol. The molecule has 0 spiro atoms. The third-order valence-electron chi connectivity index (χ3n) is 4.58. The van der Waals surface area contributed by atoms with Crippen molar-refractivity contribution in [1.82, 2.24) is 0 Å². The van der Waals surface area contributed by atoms with E-state index in [9.17, 15) is 23.3 Å². The number of ketones is 1. The van der Waals surface area contributed by atoms with Gasteiger partial charge in [-0.15, -0.1) is 0 Å². The summed E-state index contributed by atoms with van der Waals surface area (Å²) in [6, 6.07) is 12.4. The summed E-state index contributed by atoms with van der Waals surface area (Å²) in [5.74, 6) is -0.581. The number of nitrogens with zero attached hydrogens (tertiary/aromatic N) is 2. The Kier molecular flexibility index (Phi) is 5.24. The van der Waals surface area contributed by atoms with Gasteiger partial charge < -0.3 is 4.90 Å². The Hall–Kier alpha value is -2.78. The number of rotatable bonds is 6. The van der Waals surface area contributed by atoms with Gasteiger partial charge in [0, 0.05) is 29.8 Å². The van der Waals surface area contributed by atoms with Crippen LogP contribution in [0.3, 0.4) is 0 Å². The third kappa shape index (κ3) is 4.32. The number of nitro groups is 1. The average molecular weight is 389 g/mol. The minimum Gasteiger partial charge on any atom is -0.362 e. The summed E-state index contributed by atoms with van der Waals surface area (Å²) in [5, 5.41) is 16.8. The lowest BCUT2D eigenvalue weighted by Gasteiger charge is -2.26. The average Bonchev–Trinajstić information content (AvgIpc) is 3.07. The molecule has 0 unspecified atom stereocenters. The normalized spacial score (nSPS) is 17.1. The van der Waals surface area contributed by atoms with Crippen LogP contribution in [0.25, 0.3) is 0 Å². The third-order valence-corrected chi connectivity index (χ3v) is 5.43. The number of hydrogen-bond donors (Lipinski definition) is 1. The van der Waals surface area contributed by atoms with Crippen molar-refractivity contribution in [3.8, 4) is 0 Å². The van der Waals surface area contributed by atoms with E-state index < -0.39 is 21.0 Å². The van der Waals surface area contributed by atoms with E-state index in [2.05, 4.69) is 0 Å². The van der Waals surface area contributed by atoms with Crippen molar-refractivity contribution in [3.05, 3.63) is 69.8 Å². The van der Waals surface area contributed by atoms with E-state index in [0.717, 1.165) is 0 Å². The number of carbonyl (C=O) groups is 1. The summed E-state index contributed by atoms with van der Waals surface area (Å²) in [4.78, 5) is 25.3. The van der Waals surface area contributed by atoms with Gasteiger partial charge in [0.05, 0.1) is 10.7 Å². The lowest BCUT2D eigenvalue weighted by Crippen LogP contribution is -2.37. The largest absolute Gasteiger partial charge is 0.362 e. The topological polar surface area (TPSA) is 124 Å². The van der Waals surface area contributed by atoms with Crippen LogP contribution in [0.15, 0.2) is 48.5 Å². The maximum Gasteiger partial charge on any atom is 0.293 e. The van der Waals surface area contributed by atoms with Gasteiger partial charge in [-0.25, -0.2) is 13.6 Å². The highest BCUT2D eigenvalue weighted by Crippen LogP contribution is 2.35. The smallest absolute Gasteiger partial charge is 0.293 e. The van der Waals surface area contributed by atoms with Crippen molar-refractivity contribution in [1.29, 1.82) is 0 Å². The first-order chi connectivity index (χ1) is 12.8. The molecule has 1 aliphatic rings. The Labute approximate surface area is 156 Å². The summed E-state index contributed by atoms with van der Waals surface area (Å²) >= 11 is 0. The van der Waals surface area contributed by atoms with Crippen molar-refractivity contribution in [2.45, 2.75) is 18.9 Å². The summed E-state index contributed by atoms with van der Waals surface area (Å²) in [5.41, 5.74) is 0.723. The Balaban J connectivity index is 1.97. The molecule has 1 heterocycles. The van der Waals surface area contributed by atoms with Crippen molar-refractivity contribution in [2.75, 3.05) is 17.2 Å². The standard InChI is InChI=1S/C18H19N3O5S/c19-27(25,26)12-15-7-4-10-20(15)16-9-8-14(11-17(16)21(23)24)18(22)13-5-2-1-3-6-13/h1-3,5-6,8-9,11,15H,4,7,10,12H2,(H2,19,25,26)/t15-/m0/s1. The van der Waals surface area contributed by atoms with Crippen molar-refractivity contribution < 1.29 is 18.1 Å². The van der Waals surface area contributed by atoms with Crippen molar-refractivity contribution >= 4 is 27.2 Å². The molecule has 1 atom stereocenters. The van der Waals surface area contributed by atoms with Gasteiger partial charge in [0.15, 0.2) is 5.78 Å². The van der Waals surface area contributed by atoms with Crippen LogP contribution in [0.1, 0.15) is 28.8 Å². The highest BCUT2D eigenvalue weighted by molar-refractivity contribution is 7.89. The van der Waals surface area contributed by atoms with E-state index in [0.29, 0.717) is 30.6 Å². The Morgan fingerprint density at radius 1 is 1.19 bits per heavy atom. The molecular formula is C18H19N3O5S. The number of hydrogen-bond acceptors (Lipinski definition) is 6. The van der Waals surface area contributed by atoms with Crippen LogP contribution in [0.5, 0.6) is 0 Å². The van der Waals surface area contributed by atoms with Crippen LogP contribution >= 0.6 is 0 Å². The van der Waals surface area contributed by atoms with Gasteiger partial charge in [0.1, 0.15) is 5.69 Å². The zero-order valence-corrected chi connectivity index (χ0v) is 15.3. The zero-order valence-electron chi connectivity index (χ0n) is 14.4. The van der Waals surface area contributed by atoms with E-state index in [1.54, 1.807) is 35.2 Å². The van der Waals surface area contributed by atoms with Gasteiger partial charge in [-0.1, -0.05) is 30.3 Å². The second-order valence-corrected chi connectivity index (χ2v) is 8.13. The SMILES string of the molecule is NS(=O)(=O)C[C@@H]1CCCN1c1ccc(C(=O)c2ccccc2)cc1[N+](=O)[O-]. The summed E-state index contributed by atoms with van der Waals surface area (Å²) in [6.45, 7) is 0.493. The summed E-state index contributed by atoms with van der Waals surface area (Å²) in [6.07, 6.45) is 1.29. The molecule has 8 nitrogen and oxygen atoms in total. The fraction of sp³-hybridized carbons (Fsp3) is 0.278. The maximum absolute atomic E-state index is 12.6. The Morgan fingerprint density at radius 3 is 2.52 bits per heavy atom. The van der Waals surface area contributed by atoms with Crippen LogP contribution in [0.4, 0.5) is 11.4 Å². The van der Waals surface area contributed by atoms with Gasteiger partial charge in [-0.2, -0.15) is 0 Å². The van der Waals surface area contributed by atoms with Crippen molar-refractivity contribution in [3.63, 3.8) is 0 Å². The second-order valence-electron chi connectivity index (χ2n) is 6.47. The van der Waals surface area contributed by atoms with E-state index in [-0.39, 0.29) is 22.8 Å². The minimum absolute atomic E-state index is 0.207. The molecule has 2 N–H and O–H groups in total. The van der Waals surface area contributed by atoms with Crippen LogP contribution in [-0.2, 0) is 10.0 Å². The molecule has 1 fully saturated rings. The van der Waals surface area contributed by atoms with Crippen LogP contribution < -0.4 is 10.0 Å². The molecule has 0 saturated carbocycles. The quantitative estimate of drug-likeness (QED) is 0.458. The number of benzene rings is 2. The molecule has 3 rings (SSSR count). The molecule has 0 aliphatic carbocycles. The number of primary sulfonamides is 1. The maximum atomic E-state index is 12.6. The first-order valence-electron chi connectivity index (χ1n) is 8.41. The first kappa shape index (κ1) is 19.0. The number of nitrogens with two attached hydrogens (primary N) is 1. The number of nitro benzene ring substituents is 1. The fourth-order valence-corrected chi connectivity index (χ4v) is 4.29. The van der Waals surface area contributed by atoms with Gasteiger partial charge in [-0.05, 0) is 25.0 Å². The minimum atomic E-state index is -3.70. The highest BCUT2D eigenvalue weighted by atomic mass is 32.2. The van der Waals surface area contributed by atoms with E-state index in [4.69, 9.17) is 5.14 Å². The van der Waals surface area contributed by atoms with Gasteiger partial charge in [0.2, 0.25) is 10.0 Å².